The second kappa shape index (κ2) is 5.37. The largest absolute Gasteiger partial charge is 0.303 e. The van der Waals surface area contributed by atoms with Crippen molar-refractivity contribution in [1.82, 2.24) is 5.32 Å². The summed E-state index contributed by atoms with van der Waals surface area (Å²) in [5.74, 6) is -0.155. The second-order valence-corrected chi connectivity index (χ2v) is 5.66. The summed E-state index contributed by atoms with van der Waals surface area (Å²) in [6.07, 6.45) is 2.06. The molecular formula is C18H20FN. The van der Waals surface area contributed by atoms with E-state index in [2.05, 4.69) is 43.4 Å². The van der Waals surface area contributed by atoms with Gasteiger partial charge in [0.1, 0.15) is 5.82 Å². The Morgan fingerprint density at radius 3 is 2.60 bits per heavy atom. The van der Waals surface area contributed by atoms with Gasteiger partial charge in [-0.05, 0) is 48.6 Å². The van der Waals surface area contributed by atoms with Gasteiger partial charge in [-0.3, -0.25) is 0 Å². The molecule has 0 spiro atoms. The molecule has 0 aliphatic carbocycles. The Morgan fingerprint density at radius 1 is 1.15 bits per heavy atom. The molecule has 1 aliphatic rings. The predicted molar refractivity (Wildman–Crippen MR) is 80.3 cm³/mol. The molecule has 104 valence electrons. The van der Waals surface area contributed by atoms with Crippen molar-refractivity contribution in [3.63, 3.8) is 0 Å². The molecule has 2 atom stereocenters. The van der Waals surface area contributed by atoms with Crippen LogP contribution in [0.5, 0.6) is 0 Å². The van der Waals surface area contributed by atoms with E-state index in [1.165, 1.54) is 16.7 Å². The SMILES string of the molecule is CCC1Cc2ccc(F)cc2C(c2ccc(C)cc2)N1. The highest BCUT2D eigenvalue weighted by atomic mass is 19.1. The van der Waals surface area contributed by atoms with E-state index in [1.54, 1.807) is 12.1 Å². The average molecular weight is 269 g/mol. The first-order valence-corrected chi connectivity index (χ1v) is 7.28. The van der Waals surface area contributed by atoms with E-state index >= 15 is 0 Å². The van der Waals surface area contributed by atoms with Gasteiger partial charge in [0.15, 0.2) is 0 Å². The minimum Gasteiger partial charge on any atom is -0.303 e. The minimum absolute atomic E-state index is 0.0972. The fourth-order valence-corrected chi connectivity index (χ4v) is 2.97. The van der Waals surface area contributed by atoms with Gasteiger partial charge in [0.25, 0.3) is 0 Å². The van der Waals surface area contributed by atoms with Gasteiger partial charge >= 0.3 is 0 Å². The molecule has 0 bridgehead atoms. The number of halogens is 1. The van der Waals surface area contributed by atoms with Gasteiger partial charge in [-0.15, -0.1) is 0 Å². The number of aryl methyl sites for hydroxylation is 1. The van der Waals surface area contributed by atoms with Crippen molar-refractivity contribution in [3.05, 3.63) is 70.5 Å². The van der Waals surface area contributed by atoms with Crippen LogP contribution in [0.25, 0.3) is 0 Å². The molecule has 3 rings (SSSR count). The molecule has 1 N–H and O–H groups in total. The number of nitrogens with one attached hydrogen (secondary N) is 1. The molecule has 0 saturated heterocycles. The maximum atomic E-state index is 13.6. The quantitative estimate of drug-likeness (QED) is 0.863. The third kappa shape index (κ3) is 2.48. The molecule has 20 heavy (non-hydrogen) atoms. The van der Waals surface area contributed by atoms with Crippen LogP contribution < -0.4 is 5.32 Å². The molecular weight excluding hydrogens is 249 g/mol. The number of hydrogen-bond donors (Lipinski definition) is 1. The lowest BCUT2D eigenvalue weighted by atomic mass is 9.86. The predicted octanol–water partition coefficient (Wildman–Crippen LogP) is 4.15. The molecule has 2 aromatic rings. The van der Waals surface area contributed by atoms with E-state index < -0.39 is 0 Å². The highest BCUT2D eigenvalue weighted by Gasteiger charge is 2.26. The maximum Gasteiger partial charge on any atom is 0.123 e. The highest BCUT2D eigenvalue weighted by Crippen LogP contribution is 2.32. The van der Waals surface area contributed by atoms with Crippen LogP contribution in [0.15, 0.2) is 42.5 Å². The van der Waals surface area contributed by atoms with Crippen molar-refractivity contribution < 1.29 is 4.39 Å². The molecule has 0 fully saturated rings. The zero-order chi connectivity index (χ0) is 14.1. The third-order valence-electron chi connectivity index (χ3n) is 4.19. The Morgan fingerprint density at radius 2 is 1.90 bits per heavy atom. The lowest BCUT2D eigenvalue weighted by molar-refractivity contribution is 0.425. The molecule has 0 saturated carbocycles. The van der Waals surface area contributed by atoms with Crippen LogP contribution in [0.2, 0.25) is 0 Å². The molecule has 2 heteroatoms. The standard InChI is InChI=1S/C18H20FN/c1-3-16-10-14-8-9-15(19)11-17(14)18(20-16)13-6-4-12(2)5-7-13/h4-9,11,16,18,20H,3,10H2,1-2H3. The molecule has 2 aromatic carbocycles. The third-order valence-corrected chi connectivity index (χ3v) is 4.19. The van der Waals surface area contributed by atoms with Gasteiger partial charge in [0.2, 0.25) is 0 Å². The van der Waals surface area contributed by atoms with E-state index in [4.69, 9.17) is 0 Å². The minimum atomic E-state index is -0.155. The van der Waals surface area contributed by atoms with E-state index in [9.17, 15) is 4.39 Å². The van der Waals surface area contributed by atoms with Crippen molar-refractivity contribution >= 4 is 0 Å². The molecule has 1 heterocycles. The fraction of sp³-hybridized carbons (Fsp3) is 0.333. The Labute approximate surface area is 119 Å². The van der Waals surface area contributed by atoms with Gasteiger partial charge in [-0.25, -0.2) is 4.39 Å². The van der Waals surface area contributed by atoms with Crippen molar-refractivity contribution in [2.75, 3.05) is 0 Å². The first kappa shape index (κ1) is 13.3. The van der Waals surface area contributed by atoms with Crippen LogP contribution >= 0.6 is 0 Å². The maximum absolute atomic E-state index is 13.6. The first-order valence-electron chi connectivity index (χ1n) is 7.28. The smallest absolute Gasteiger partial charge is 0.123 e. The number of fused-ring (bicyclic) bond motifs is 1. The van der Waals surface area contributed by atoms with Crippen LogP contribution in [0.1, 0.15) is 41.6 Å². The van der Waals surface area contributed by atoms with E-state index in [1.807, 2.05) is 6.07 Å². The topological polar surface area (TPSA) is 12.0 Å². The Kier molecular flexibility index (Phi) is 3.58. The highest BCUT2D eigenvalue weighted by molar-refractivity contribution is 5.41. The summed E-state index contributed by atoms with van der Waals surface area (Å²) < 4.78 is 13.6. The van der Waals surface area contributed by atoms with Crippen molar-refractivity contribution in [2.24, 2.45) is 0 Å². The van der Waals surface area contributed by atoms with Crippen molar-refractivity contribution in [3.8, 4) is 0 Å². The van der Waals surface area contributed by atoms with Gasteiger partial charge in [-0.2, -0.15) is 0 Å². The Balaban J connectivity index is 2.05. The number of rotatable bonds is 2. The van der Waals surface area contributed by atoms with Crippen molar-refractivity contribution in [2.45, 2.75) is 38.8 Å². The summed E-state index contributed by atoms with van der Waals surface area (Å²) in [5.41, 5.74) is 4.80. The lowest BCUT2D eigenvalue weighted by Crippen LogP contribution is -2.39. The fourth-order valence-electron chi connectivity index (χ4n) is 2.97. The second-order valence-electron chi connectivity index (χ2n) is 5.66. The van der Waals surface area contributed by atoms with E-state index in [-0.39, 0.29) is 11.9 Å². The van der Waals surface area contributed by atoms with Gasteiger partial charge in [-0.1, -0.05) is 42.8 Å². The van der Waals surface area contributed by atoms with E-state index in [0.717, 1.165) is 18.4 Å². The zero-order valence-corrected chi connectivity index (χ0v) is 12.0. The summed E-state index contributed by atoms with van der Waals surface area (Å²) in [7, 11) is 0. The zero-order valence-electron chi connectivity index (χ0n) is 12.0. The molecule has 1 nitrogen and oxygen atoms in total. The van der Waals surface area contributed by atoms with E-state index in [0.29, 0.717) is 6.04 Å². The van der Waals surface area contributed by atoms with Crippen LogP contribution in [-0.4, -0.2) is 6.04 Å². The van der Waals surface area contributed by atoms with Crippen LogP contribution in [0, 0.1) is 12.7 Å². The summed E-state index contributed by atoms with van der Waals surface area (Å²) in [5, 5.41) is 3.66. The summed E-state index contributed by atoms with van der Waals surface area (Å²) >= 11 is 0. The Bertz CT molecular complexity index is 603. The van der Waals surface area contributed by atoms with Crippen molar-refractivity contribution in [1.29, 1.82) is 0 Å². The van der Waals surface area contributed by atoms with Crippen LogP contribution in [-0.2, 0) is 6.42 Å². The molecule has 0 amide bonds. The number of hydrogen-bond acceptors (Lipinski definition) is 1. The lowest BCUT2D eigenvalue weighted by Gasteiger charge is -2.33. The number of benzene rings is 2. The summed E-state index contributed by atoms with van der Waals surface area (Å²) in [4.78, 5) is 0. The molecule has 2 unspecified atom stereocenters. The summed E-state index contributed by atoms with van der Waals surface area (Å²) in [6.45, 7) is 4.28. The van der Waals surface area contributed by atoms with Crippen LogP contribution in [0.3, 0.4) is 0 Å². The monoisotopic (exact) mass is 269 g/mol. The molecule has 0 aromatic heterocycles. The normalized spacial score (nSPS) is 21.6. The first-order chi connectivity index (χ1) is 9.67. The molecule has 1 aliphatic heterocycles. The average Bonchev–Trinajstić information content (AvgIpc) is 2.47. The molecule has 0 radical (unpaired) electrons. The van der Waals surface area contributed by atoms with Gasteiger partial charge in [0, 0.05) is 6.04 Å². The Hall–Kier alpha value is -1.67. The van der Waals surface area contributed by atoms with Gasteiger partial charge < -0.3 is 5.32 Å². The van der Waals surface area contributed by atoms with Crippen LogP contribution in [0.4, 0.5) is 4.39 Å². The summed E-state index contributed by atoms with van der Waals surface area (Å²) in [6, 6.07) is 14.3. The van der Waals surface area contributed by atoms with Gasteiger partial charge in [0.05, 0.1) is 6.04 Å².